The maximum Gasteiger partial charge on any atom is 0.191 e. The maximum absolute atomic E-state index is 5.38. The molecule has 2 rings (SSSR count). The molecule has 0 radical (unpaired) electrons. The number of methoxy groups -OCH3 is 3. The zero-order valence-electron chi connectivity index (χ0n) is 16.1. The molecule has 0 unspecified atom stereocenters. The van der Waals surface area contributed by atoms with Gasteiger partial charge >= 0.3 is 0 Å². The summed E-state index contributed by atoms with van der Waals surface area (Å²) in [6.07, 6.45) is 0. The highest BCUT2D eigenvalue weighted by Crippen LogP contribution is 2.33. The monoisotopic (exact) mass is 435 g/mol. The summed E-state index contributed by atoms with van der Waals surface area (Å²) in [7, 11) is 4.91. The number of benzene rings is 2. The van der Waals surface area contributed by atoms with Crippen LogP contribution in [-0.2, 0) is 13.1 Å². The molecule has 0 saturated carbocycles. The molecular weight excluding hydrogens is 410 g/mol. The predicted octanol–water partition coefficient (Wildman–Crippen LogP) is 3.73. The zero-order chi connectivity index (χ0) is 19.6. The molecule has 0 bridgehead atoms. The van der Waals surface area contributed by atoms with E-state index in [4.69, 9.17) is 14.2 Å². The quantitative estimate of drug-likeness (QED) is 0.488. The molecule has 6 nitrogen and oxygen atoms in total. The summed E-state index contributed by atoms with van der Waals surface area (Å²) >= 11 is 3.58. The number of aliphatic imine (C=N–C) groups is 1. The molecule has 0 saturated heterocycles. The van der Waals surface area contributed by atoms with Crippen molar-refractivity contribution in [2.24, 2.45) is 4.99 Å². The van der Waals surface area contributed by atoms with Crippen molar-refractivity contribution >= 4 is 21.9 Å². The average Bonchev–Trinajstić information content (AvgIpc) is 2.70. The molecule has 2 aromatic carbocycles. The molecule has 0 heterocycles. The molecule has 7 heteroatoms. The fourth-order valence-corrected chi connectivity index (χ4v) is 2.96. The van der Waals surface area contributed by atoms with Gasteiger partial charge in [0.2, 0.25) is 0 Å². The number of guanidine groups is 1. The van der Waals surface area contributed by atoms with E-state index in [-0.39, 0.29) is 0 Å². The minimum absolute atomic E-state index is 0.555. The smallest absolute Gasteiger partial charge is 0.191 e. The average molecular weight is 436 g/mol. The Balaban J connectivity index is 2.09. The second kappa shape index (κ2) is 10.7. The number of hydrogen-bond donors (Lipinski definition) is 2. The Bertz CT molecular complexity index is 781. The highest BCUT2D eigenvalue weighted by Gasteiger charge is 2.10. The zero-order valence-corrected chi connectivity index (χ0v) is 17.7. The van der Waals surface area contributed by atoms with Crippen LogP contribution in [0.1, 0.15) is 18.1 Å². The van der Waals surface area contributed by atoms with Gasteiger partial charge in [-0.05, 0) is 42.3 Å². The SMILES string of the molecule is CCNC(=NCc1cccc(OC)c1)NCc1cc(OC)c(OC)cc1Br. The minimum Gasteiger partial charge on any atom is -0.497 e. The van der Waals surface area contributed by atoms with E-state index in [1.807, 2.05) is 43.3 Å². The Labute approximate surface area is 169 Å². The Morgan fingerprint density at radius 1 is 1.00 bits per heavy atom. The van der Waals surface area contributed by atoms with Crippen molar-refractivity contribution in [1.82, 2.24) is 10.6 Å². The summed E-state index contributed by atoms with van der Waals surface area (Å²) in [4.78, 5) is 4.65. The molecule has 2 aromatic rings. The molecule has 27 heavy (non-hydrogen) atoms. The Morgan fingerprint density at radius 2 is 1.74 bits per heavy atom. The van der Waals surface area contributed by atoms with Crippen LogP contribution in [0.3, 0.4) is 0 Å². The van der Waals surface area contributed by atoms with Gasteiger partial charge in [0.1, 0.15) is 5.75 Å². The van der Waals surface area contributed by atoms with E-state index in [0.717, 1.165) is 33.9 Å². The van der Waals surface area contributed by atoms with Crippen LogP contribution in [0.5, 0.6) is 17.2 Å². The lowest BCUT2D eigenvalue weighted by Gasteiger charge is -2.15. The molecule has 146 valence electrons. The van der Waals surface area contributed by atoms with Gasteiger partial charge in [0.15, 0.2) is 17.5 Å². The van der Waals surface area contributed by atoms with Crippen LogP contribution in [-0.4, -0.2) is 33.8 Å². The molecule has 0 aliphatic heterocycles. The third-order valence-corrected chi connectivity index (χ3v) is 4.64. The lowest BCUT2D eigenvalue weighted by molar-refractivity contribution is 0.354. The normalized spacial score (nSPS) is 11.1. The number of hydrogen-bond acceptors (Lipinski definition) is 4. The first-order chi connectivity index (χ1) is 13.1. The van der Waals surface area contributed by atoms with E-state index in [1.165, 1.54) is 0 Å². The highest BCUT2D eigenvalue weighted by atomic mass is 79.9. The number of nitrogens with zero attached hydrogens (tertiary/aromatic N) is 1. The number of nitrogens with one attached hydrogen (secondary N) is 2. The van der Waals surface area contributed by atoms with E-state index >= 15 is 0 Å². The van der Waals surface area contributed by atoms with Gasteiger partial charge in [-0.15, -0.1) is 0 Å². The van der Waals surface area contributed by atoms with Crippen molar-refractivity contribution in [2.75, 3.05) is 27.9 Å². The van der Waals surface area contributed by atoms with Crippen molar-refractivity contribution in [3.05, 3.63) is 52.0 Å². The lowest BCUT2D eigenvalue weighted by atomic mass is 10.2. The van der Waals surface area contributed by atoms with Crippen LogP contribution < -0.4 is 24.8 Å². The van der Waals surface area contributed by atoms with Crippen LogP contribution in [0.4, 0.5) is 0 Å². The number of ether oxygens (including phenoxy) is 3. The molecule has 0 atom stereocenters. The maximum atomic E-state index is 5.38. The first kappa shape index (κ1) is 20.9. The van der Waals surface area contributed by atoms with E-state index in [9.17, 15) is 0 Å². The second-order valence-electron chi connectivity index (χ2n) is 5.70. The van der Waals surface area contributed by atoms with Crippen molar-refractivity contribution < 1.29 is 14.2 Å². The first-order valence-corrected chi connectivity index (χ1v) is 9.46. The van der Waals surface area contributed by atoms with Gasteiger partial charge in [-0.25, -0.2) is 4.99 Å². The lowest BCUT2D eigenvalue weighted by Crippen LogP contribution is -2.36. The topological polar surface area (TPSA) is 64.1 Å². The standard InChI is InChI=1S/C20H26BrN3O3/c1-5-22-20(23-12-14-7-6-8-16(9-14)25-2)24-13-15-10-18(26-3)19(27-4)11-17(15)21/h6-11H,5,12-13H2,1-4H3,(H2,22,23,24). The van der Waals surface area contributed by atoms with Crippen LogP contribution >= 0.6 is 15.9 Å². The molecular formula is C20H26BrN3O3. The van der Waals surface area contributed by atoms with Gasteiger partial charge in [-0.3, -0.25) is 0 Å². The molecule has 0 aliphatic carbocycles. The molecule has 0 aromatic heterocycles. The Kier molecular flexibility index (Phi) is 8.26. The van der Waals surface area contributed by atoms with Gasteiger partial charge in [-0.1, -0.05) is 28.1 Å². The molecule has 0 spiro atoms. The summed E-state index contributed by atoms with van der Waals surface area (Å²) in [6.45, 7) is 3.95. The van der Waals surface area contributed by atoms with E-state index in [1.54, 1.807) is 21.3 Å². The van der Waals surface area contributed by atoms with Gasteiger partial charge in [-0.2, -0.15) is 0 Å². The largest absolute Gasteiger partial charge is 0.497 e. The van der Waals surface area contributed by atoms with Crippen molar-refractivity contribution in [3.63, 3.8) is 0 Å². The Morgan fingerprint density at radius 3 is 2.41 bits per heavy atom. The molecule has 0 amide bonds. The van der Waals surface area contributed by atoms with E-state index in [0.29, 0.717) is 24.6 Å². The van der Waals surface area contributed by atoms with Crippen LogP contribution in [0.25, 0.3) is 0 Å². The predicted molar refractivity (Wildman–Crippen MR) is 112 cm³/mol. The highest BCUT2D eigenvalue weighted by molar-refractivity contribution is 9.10. The van der Waals surface area contributed by atoms with Crippen molar-refractivity contribution in [2.45, 2.75) is 20.0 Å². The van der Waals surface area contributed by atoms with Crippen LogP contribution in [0.2, 0.25) is 0 Å². The van der Waals surface area contributed by atoms with Gasteiger partial charge < -0.3 is 24.8 Å². The van der Waals surface area contributed by atoms with Crippen LogP contribution in [0.15, 0.2) is 45.9 Å². The van der Waals surface area contributed by atoms with Crippen molar-refractivity contribution in [1.29, 1.82) is 0 Å². The fraction of sp³-hybridized carbons (Fsp3) is 0.350. The summed E-state index contributed by atoms with van der Waals surface area (Å²) < 4.78 is 16.9. The molecule has 2 N–H and O–H groups in total. The molecule has 0 fully saturated rings. The summed E-state index contributed by atoms with van der Waals surface area (Å²) in [5, 5.41) is 6.61. The van der Waals surface area contributed by atoms with E-state index < -0.39 is 0 Å². The fourth-order valence-electron chi connectivity index (χ4n) is 2.49. The van der Waals surface area contributed by atoms with Crippen LogP contribution in [0, 0.1) is 0 Å². The van der Waals surface area contributed by atoms with Gasteiger partial charge in [0.05, 0.1) is 27.9 Å². The summed E-state index contributed by atoms with van der Waals surface area (Å²) in [5.41, 5.74) is 2.12. The minimum atomic E-state index is 0.555. The van der Waals surface area contributed by atoms with E-state index in [2.05, 4.69) is 31.6 Å². The van der Waals surface area contributed by atoms with Gasteiger partial charge in [0.25, 0.3) is 0 Å². The Hall–Kier alpha value is -2.41. The summed E-state index contributed by atoms with van der Waals surface area (Å²) in [6, 6.07) is 11.7. The third-order valence-electron chi connectivity index (χ3n) is 3.90. The second-order valence-corrected chi connectivity index (χ2v) is 6.55. The number of rotatable bonds is 8. The van der Waals surface area contributed by atoms with Gasteiger partial charge in [0, 0.05) is 17.6 Å². The van der Waals surface area contributed by atoms with Crippen molar-refractivity contribution in [3.8, 4) is 17.2 Å². The number of halogens is 1. The third kappa shape index (κ3) is 6.06. The molecule has 0 aliphatic rings. The summed E-state index contributed by atoms with van der Waals surface area (Å²) in [5.74, 6) is 2.94. The first-order valence-electron chi connectivity index (χ1n) is 8.66.